The minimum absolute atomic E-state index is 0.0671. The van der Waals surface area contributed by atoms with Crippen LogP contribution >= 0.6 is 0 Å². The predicted molar refractivity (Wildman–Crippen MR) is 90.8 cm³/mol. The zero-order valence-corrected chi connectivity index (χ0v) is 14.1. The van der Waals surface area contributed by atoms with E-state index in [-0.39, 0.29) is 12.2 Å². The number of carbonyl (C=O) groups excluding carboxylic acids is 3. The molecule has 26 heavy (non-hydrogen) atoms. The van der Waals surface area contributed by atoms with Crippen LogP contribution in [0.2, 0.25) is 0 Å². The molecular formula is C16H22N4O6. The summed E-state index contributed by atoms with van der Waals surface area (Å²) in [4.78, 5) is 46.2. The molecule has 0 fully saturated rings. The van der Waals surface area contributed by atoms with E-state index in [1.54, 1.807) is 12.1 Å². The van der Waals surface area contributed by atoms with Gasteiger partial charge in [-0.05, 0) is 31.0 Å². The summed E-state index contributed by atoms with van der Waals surface area (Å²) < 4.78 is 0. The fraction of sp³-hybridized carbons (Fsp3) is 0.375. The van der Waals surface area contributed by atoms with E-state index < -0.39 is 48.2 Å². The summed E-state index contributed by atoms with van der Waals surface area (Å²) in [5.74, 6) is -3.61. The predicted octanol–water partition coefficient (Wildman–Crippen LogP) is -1.79. The van der Waals surface area contributed by atoms with Gasteiger partial charge in [0.1, 0.15) is 17.8 Å². The lowest BCUT2D eigenvalue weighted by molar-refractivity contribution is -0.141. The zero-order valence-electron chi connectivity index (χ0n) is 14.1. The molecule has 3 amide bonds. The van der Waals surface area contributed by atoms with Gasteiger partial charge in [-0.25, -0.2) is 0 Å². The summed E-state index contributed by atoms with van der Waals surface area (Å²) in [6.07, 6.45) is -0.377. The van der Waals surface area contributed by atoms with E-state index in [1.165, 1.54) is 19.1 Å². The molecule has 0 aromatic heterocycles. The van der Waals surface area contributed by atoms with Crippen molar-refractivity contribution in [3.8, 4) is 5.75 Å². The normalized spacial score (nSPS) is 13.9. The van der Waals surface area contributed by atoms with E-state index >= 15 is 0 Å². The number of carbonyl (C=O) groups is 4. The summed E-state index contributed by atoms with van der Waals surface area (Å²) in [7, 11) is 0. The van der Waals surface area contributed by atoms with Gasteiger partial charge in [-0.3, -0.25) is 19.2 Å². The first-order chi connectivity index (χ1) is 12.1. The average molecular weight is 366 g/mol. The quantitative estimate of drug-likeness (QED) is 0.298. The number of hydrogen-bond acceptors (Lipinski definition) is 6. The van der Waals surface area contributed by atoms with E-state index in [0.29, 0.717) is 5.56 Å². The van der Waals surface area contributed by atoms with Crippen molar-refractivity contribution in [1.29, 1.82) is 0 Å². The van der Waals surface area contributed by atoms with Crippen molar-refractivity contribution in [1.82, 2.24) is 10.6 Å². The number of amides is 3. The molecule has 0 saturated heterocycles. The van der Waals surface area contributed by atoms with Gasteiger partial charge in [-0.15, -0.1) is 0 Å². The molecule has 0 heterocycles. The van der Waals surface area contributed by atoms with Gasteiger partial charge in [0.2, 0.25) is 17.7 Å². The summed E-state index contributed by atoms with van der Waals surface area (Å²) in [6, 6.07) is 2.48. The standard InChI is InChI=1S/C16H22N4O6/c1-8(16(25)26)19-15(24)12(7-13(18)22)20-14(23)11(17)6-9-2-4-10(21)5-3-9/h2-5,8,11-12,21H,6-7,17H2,1H3,(H2,18,22)(H,19,24)(H,20,23)(H,25,26). The zero-order chi connectivity index (χ0) is 19.9. The smallest absolute Gasteiger partial charge is 0.325 e. The van der Waals surface area contributed by atoms with Crippen molar-refractivity contribution < 1.29 is 29.4 Å². The molecule has 0 radical (unpaired) electrons. The van der Waals surface area contributed by atoms with Crippen LogP contribution in [0.4, 0.5) is 0 Å². The molecule has 10 heteroatoms. The van der Waals surface area contributed by atoms with Gasteiger partial charge in [0.05, 0.1) is 12.5 Å². The summed E-state index contributed by atoms with van der Waals surface area (Å²) in [5, 5.41) is 22.5. The number of hydrogen-bond donors (Lipinski definition) is 6. The van der Waals surface area contributed by atoms with Gasteiger partial charge in [0, 0.05) is 0 Å². The maximum atomic E-state index is 12.2. The first-order valence-corrected chi connectivity index (χ1v) is 7.75. The van der Waals surface area contributed by atoms with Crippen molar-refractivity contribution >= 4 is 23.7 Å². The highest BCUT2D eigenvalue weighted by Gasteiger charge is 2.27. The van der Waals surface area contributed by atoms with Crippen LogP contribution in [0.1, 0.15) is 18.9 Å². The van der Waals surface area contributed by atoms with Gasteiger partial charge in [-0.2, -0.15) is 0 Å². The van der Waals surface area contributed by atoms with Crippen LogP contribution in [-0.2, 0) is 25.6 Å². The Hall–Kier alpha value is -3.14. The monoisotopic (exact) mass is 366 g/mol. The molecule has 0 spiro atoms. The number of nitrogens with one attached hydrogen (secondary N) is 2. The minimum atomic E-state index is -1.34. The number of aromatic hydroxyl groups is 1. The molecule has 0 bridgehead atoms. The molecule has 1 aromatic rings. The van der Waals surface area contributed by atoms with Crippen LogP contribution in [-0.4, -0.2) is 52.0 Å². The number of phenols is 1. The topological polar surface area (TPSA) is 185 Å². The van der Waals surface area contributed by atoms with E-state index in [4.69, 9.17) is 16.6 Å². The van der Waals surface area contributed by atoms with Gasteiger partial charge < -0.3 is 32.3 Å². The highest BCUT2D eigenvalue weighted by molar-refractivity contribution is 5.94. The van der Waals surface area contributed by atoms with Crippen molar-refractivity contribution in [3.63, 3.8) is 0 Å². The van der Waals surface area contributed by atoms with Crippen LogP contribution in [0.25, 0.3) is 0 Å². The number of aliphatic carboxylic acids is 1. The Balaban J connectivity index is 2.74. The number of benzene rings is 1. The molecule has 10 nitrogen and oxygen atoms in total. The third-order valence-corrected chi connectivity index (χ3v) is 3.50. The molecule has 8 N–H and O–H groups in total. The van der Waals surface area contributed by atoms with Gasteiger partial charge in [0.25, 0.3) is 0 Å². The molecular weight excluding hydrogens is 344 g/mol. The van der Waals surface area contributed by atoms with Gasteiger partial charge in [-0.1, -0.05) is 12.1 Å². The molecule has 3 atom stereocenters. The minimum Gasteiger partial charge on any atom is -0.508 e. The van der Waals surface area contributed by atoms with Gasteiger partial charge in [0.15, 0.2) is 0 Å². The molecule has 1 aromatic carbocycles. The van der Waals surface area contributed by atoms with E-state index in [9.17, 15) is 24.3 Å². The Kier molecular flexibility index (Phi) is 7.53. The first kappa shape index (κ1) is 20.9. The lowest BCUT2D eigenvalue weighted by Crippen LogP contribution is -2.55. The van der Waals surface area contributed by atoms with Crippen LogP contribution < -0.4 is 22.1 Å². The fourth-order valence-corrected chi connectivity index (χ4v) is 2.04. The average Bonchev–Trinajstić information content (AvgIpc) is 2.55. The Labute approximate surface area is 149 Å². The molecule has 0 aliphatic heterocycles. The Morgan fingerprint density at radius 1 is 1.08 bits per heavy atom. The van der Waals surface area contributed by atoms with Crippen molar-refractivity contribution in [3.05, 3.63) is 29.8 Å². The SMILES string of the molecule is CC(NC(=O)C(CC(N)=O)NC(=O)C(N)Cc1ccc(O)cc1)C(=O)O. The highest BCUT2D eigenvalue weighted by atomic mass is 16.4. The summed E-state index contributed by atoms with van der Waals surface area (Å²) in [5.41, 5.74) is 11.6. The third kappa shape index (κ3) is 6.77. The van der Waals surface area contributed by atoms with Crippen molar-refractivity contribution in [2.45, 2.75) is 37.9 Å². The van der Waals surface area contributed by atoms with Crippen LogP contribution in [0.15, 0.2) is 24.3 Å². The Bertz CT molecular complexity index is 676. The summed E-state index contributed by atoms with van der Waals surface area (Å²) >= 11 is 0. The number of carboxylic acids is 1. The molecule has 0 saturated carbocycles. The second-order valence-corrected chi connectivity index (χ2v) is 5.78. The van der Waals surface area contributed by atoms with E-state index in [1.807, 2.05) is 0 Å². The molecule has 1 rings (SSSR count). The number of phenolic OH excluding ortho intramolecular Hbond substituents is 1. The number of primary amides is 1. The maximum Gasteiger partial charge on any atom is 0.325 e. The second kappa shape index (κ2) is 9.37. The highest BCUT2D eigenvalue weighted by Crippen LogP contribution is 2.11. The van der Waals surface area contributed by atoms with Crippen molar-refractivity contribution in [2.24, 2.45) is 11.5 Å². The second-order valence-electron chi connectivity index (χ2n) is 5.78. The van der Waals surface area contributed by atoms with E-state index in [2.05, 4.69) is 10.6 Å². The first-order valence-electron chi connectivity index (χ1n) is 7.75. The van der Waals surface area contributed by atoms with E-state index in [0.717, 1.165) is 0 Å². The molecule has 0 aliphatic carbocycles. The number of carboxylic acid groups (broad SMARTS) is 1. The molecule has 0 aliphatic rings. The van der Waals surface area contributed by atoms with Crippen LogP contribution in [0.5, 0.6) is 5.75 Å². The number of nitrogens with two attached hydrogens (primary N) is 2. The Morgan fingerprint density at radius 3 is 2.15 bits per heavy atom. The molecule has 3 unspecified atom stereocenters. The van der Waals surface area contributed by atoms with Crippen LogP contribution in [0, 0.1) is 0 Å². The van der Waals surface area contributed by atoms with Crippen LogP contribution in [0.3, 0.4) is 0 Å². The lowest BCUT2D eigenvalue weighted by Gasteiger charge is -2.21. The fourth-order valence-electron chi connectivity index (χ4n) is 2.04. The maximum absolute atomic E-state index is 12.2. The number of rotatable bonds is 9. The van der Waals surface area contributed by atoms with Gasteiger partial charge >= 0.3 is 5.97 Å². The lowest BCUT2D eigenvalue weighted by atomic mass is 10.0. The summed E-state index contributed by atoms with van der Waals surface area (Å²) in [6.45, 7) is 1.24. The largest absolute Gasteiger partial charge is 0.508 e. The molecule has 142 valence electrons. The third-order valence-electron chi connectivity index (χ3n) is 3.50. The Morgan fingerprint density at radius 2 is 1.65 bits per heavy atom. The van der Waals surface area contributed by atoms with Crippen molar-refractivity contribution in [2.75, 3.05) is 0 Å².